The van der Waals surface area contributed by atoms with Crippen LogP contribution in [-0.2, 0) is 16.1 Å². The average molecular weight is 365 g/mol. The molecule has 0 saturated carbocycles. The molecule has 0 aromatic heterocycles. The predicted octanol–water partition coefficient (Wildman–Crippen LogP) is 3.02. The Kier molecular flexibility index (Phi) is 6.24. The molecule has 3 rings (SSSR count). The van der Waals surface area contributed by atoms with Crippen LogP contribution in [0.15, 0.2) is 48.5 Å². The highest BCUT2D eigenvalue weighted by atomic mass is 16.2. The third-order valence-electron chi connectivity index (χ3n) is 4.86. The van der Waals surface area contributed by atoms with Crippen molar-refractivity contribution in [2.75, 3.05) is 18.4 Å². The number of aryl methyl sites for hydroxylation is 2. The first-order chi connectivity index (χ1) is 13.0. The molecule has 0 aliphatic carbocycles. The van der Waals surface area contributed by atoms with E-state index in [0.717, 1.165) is 43.6 Å². The van der Waals surface area contributed by atoms with Gasteiger partial charge in [0.1, 0.15) is 0 Å². The molecule has 1 aliphatic heterocycles. The number of rotatable bonds is 4. The maximum Gasteiger partial charge on any atom is 0.313 e. The monoisotopic (exact) mass is 365 g/mol. The molecule has 1 fully saturated rings. The molecule has 5 heteroatoms. The summed E-state index contributed by atoms with van der Waals surface area (Å²) in [4.78, 5) is 26.8. The number of anilines is 1. The van der Waals surface area contributed by atoms with Crippen LogP contribution in [0.1, 0.15) is 29.5 Å². The molecule has 2 aromatic rings. The highest BCUT2D eigenvalue weighted by molar-refractivity contribution is 6.39. The van der Waals surface area contributed by atoms with Gasteiger partial charge in [0.15, 0.2) is 0 Å². The molecule has 0 atom stereocenters. The quantitative estimate of drug-likeness (QED) is 0.819. The smallest absolute Gasteiger partial charge is 0.313 e. The number of nitrogens with zero attached hydrogens (tertiary/aromatic N) is 1. The lowest BCUT2D eigenvalue weighted by Crippen LogP contribution is -2.47. The summed E-state index contributed by atoms with van der Waals surface area (Å²) in [7, 11) is 0. The molecular formula is C22H27N3O2. The summed E-state index contributed by atoms with van der Waals surface area (Å²) >= 11 is 0. The lowest BCUT2D eigenvalue weighted by molar-refractivity contribution is -0.136. The van der Waals surface area contributed by atoms with Crippen molar-refractivity contribution < 1.29 is 9.59 Å². The van der Waals surface area contributed by atoms with E-state index >= 15 is 0 Å². The number of piperidine rings is 1. The third-order valence-corrected chi connectivity index (χ3v) is 4.86. The normalized spacial score (nSPS) is 15.3. The first kappa shape index (κ1) is 19.1. The maximum atomic E-state index is 12.2. The van der Waals surface area contributed by atoms with E-state index in [9.17, 15) is 9.59 Å². The highest BCUT2D eigenvalue weighted by Crippen LogP contribution is 2.15. The molecule has 0 bridgehead atoms. The van der Waals surface area contributed by atoms with Gasteiger partial charge in [0, 0.05) is 31.4 Å². The molecule has 5 nitrogen and oxygen atoms in total. The van der Waals surface area contributed by atoms with Crippen LogP contribution in [0.5, 0.6) is 0 Å². The number of carbonyl (C=O) groups is 2. The van der Waals surface area contributed by atoms with Gasteiger partial charge in [-0.1, -0.05) is 36.4 Å². The van der Waals surface area contributed by atoms with Crippen molar-refractivity contribution in [1.82, 2.24) is 10.2 Å². The van der Waals surface area contributed by atoms with E-state index in [2.05, 4.69) is 39.8 Å². The van der Waals surface area contributed by atoms with Crippen molar-refractivity contribution in [3.8, 4) is 0 Å². The molecule has 0 unspecified atom stereocenters. The Morgan fingerprint density at radius 3 is 2.22 bits per heavy atom. The standard InChI is InChI=1S/C22H27N3O2/c1-16-12-17(2)14-20(13-16)24-22(27)21(26)23-19-8-10-25(11-9-19)15-18-6-4-3-5-7-18/h3-7,12-14,19H,8-11,15H2,1-2H3,(H,23,26)(H,24,27). The number of amides is 2. The van der Waals surface area contributed by atoms with Crippen molar-refractivity contribution in [2.45, 2.75) is 39.3 Å². The van der Waals surface area contributed by atoms with Crippen LogP contribution in [0, 0.1) is 13.8 Å². The minimum atomic E-state index is -0.605. The van der Waals surface area contributed by atoms with Gasteiger partial charge >= 0.3 is 11.8 Å². The Hall–Kier alpha value is -2.66. The van der Waals surface area contributed by atoms with E-state index in [4.69, 9.17) is 0 Å². The van der Waals surface area contributed by atoms with Gasteiger partial charge < -0.3 is 10.6 Å². The Morgan fingerprint density at radius 2 is 1.59 bits per heavy atom. The van der Waals surface area contributed by atoms with Gasteiger partial charge in [0.2, 0.25) is 0 Å². The van der Waals surface area contributed by atoms with Crippen molar-refractivity contribution in [1.29, 1.82) is 0 Å². The largest absolute Gasteiger partial charge is 0.345 e. The lowest BCUT2D eigenvalue weighted by Gasteiger charge is -2.32. The van der Waals surface area contributed by atoms with E-state index < -0.39 is 11.8 Å². The van der Waals surface area contributed by atoms with E-state index in [0.29, 0.717) is 5.69 Å². The zero-order valence-corrected chi connectivity index (χ0v) is 16.0. The first-order valence-electron chi connectivity index (χ1n) is 9.46. The molecule has 2 N–H and O–H groups in total. The van der Waals surface area contributed by atoms with Crippen molar-refractivity contribution >= 4 is 17.5 Å². The van der Waals surface area contributed by atoms with Crippen LogP contribution < -0.4 is 10.6 Å². The molecule has 142 valence electrons. The SMILES string of the molecule is Cc1cc(C)cc(NC(=O)C(=O)NC2CCN(Cc3ccccc3)CC2)c1. The highest BCUT2D eigenvalue weighted by Gasteiger charge is 2.23. The number of carbonyl (C=O) groups excluding carboxylic acids is 2. The predicted molar refractivity (Wildman–Crippen MR) is 107 cm³/mol. The van der Waals surface area contributed by atoms with E-state index in [-0.39, 0.29) is 6.04 Å². The fraction of sp³-hybridized carbons (Fsp3) is 0.364. The number of nitrogens with one attached hydrogen (secondary N) is 2. The van der Waals surface area contributed by atoms with Gasteiger partial charge in [-0.15, -0.1) is 0 Å². The average Bonchev–Trinajstić information content (AvgIpc) is 2.63. The number of hydrogen-bond acceptors (Lipinski definition) is 3. The second kappa shape index (κ2) is 8.82. The van der Waals surface area contributed by atoms with Crippen LogP contribution in [0.25, 0.3) is 0 Å². The number of benzene rings is 2. The van der Waals surface area contributed by atoms with Crippen molar-refractivity contribution in [3.63, 3.8) is 0 Å². The van der Waals surface area contributed by atoms with E-state index in [1.165, 1.54) is 5.56 Å². The lowest BCUT2D eigenvalue weighted by atomic mass is 10.0. The second-order valence-corrected chi connectivity index (χ2v) is 7.34. The van der Waals surface area contributed by atoms with Crippen LogP contribution in [0.2, 0.25) is 0 Å². The maximum absolute atomic E-state index is 12.2. The van der Waals surface area contributed by atoms with Gasteiger partial charge in [-0.2, -0.15) is 0 Å². The second-order valence-electron chi connectivity index (χ2n) is 7.34. The van der Waals surface area contributed by atoms with Crippen LogP contribution >= 0.6 is 0 Å². The topological polar surface area (TPSA) is 61.4 Å². The summed E-state index contributed by atoms with van der Waals surface area (Å²) < 4.78 is 0. The van der Waals surface area contributed by atoms with Gasteiger partial charge in [0.25, 0.3) is 0 Å². The Balaban J connectivity index is 1.45. The molecule has 0 radical (unpaired) electrons. The molecule has 2 aromatic carbocycles. The summed E-state index contributed by atoms with van der Waals surface area (Å²) in [5.74, 6) is -1.16. The molecule has 0 spiro atoms. The summed E-state index contributed by atoms with van der Waals surface area (Å²) in [5.41, 5.74) is 4.06. The summed E-state index contributed by atoms with van der Waals surface area (Å²) in [6.45, 7) is 6.68. The van der Waals surface area contributed by atoms with Crippen LogP contribution in [0.3, 0.4) is 0 Å². The minimum absolute atomic E-state index is 0.0505. The van der Waals surface area contributed by atoms with Crippen LogP contribution in [-0.4, -0.2) is 35.8 Å². The van der Waals surface area contributed by atoms with Gasteiger partial charge in [-0.25, -0.2) is 0 Å². The zero-order chi connectivity index (χ0) is 19.2. The van der Waals surface area contributed by atoms with Gasteiger partial charge in [-0.3, -0.25) is 14.5 Å². The molecule has 2 amide bonds. The van der Waals surface area contributed by atoms with Crippen molar-refractivity contribution in [3.05, 3.63) is 65.2 Å². The molecule has 1 aliphatic rings. The summed E-state index contributed by atoms with van der Waals surface area (Å²) in [6.07, 6.45) is 1.71. The number of hydrogen-bond donors (Lipinski definition) is 2. The first-order valence-corrected chi connectivity index (χ1v) is 9.46. The van der Waals surface area contributed by atoms with Gasteiger partial charge in [-0.05, 0) is 55.5 Å². The fourth-order valence-corrected chi connectivity index (χ4v) is 3.56. The summed E-state index contributed by atoms with van der Waals surface area (Å²) in [6, 6.07) is 16.2. The van der Waals surface area contributed by atoms with Crippen molar-refractivity contribution in [2.24, 2.45) is 0 Å². The summed E-state index contributed by atoms with van der Waals surface area (Å²) in [5, 5.41) is 5.57. The van der Waals surface area contributed by atoms with E-state index in [1.54, 1.807) is 0 Å². The minimum Gasteiger partial charge on any atom is -0.345 e. The molecule has 1 heterocycles. The Morgan fingerprint density at radius 1 is 0.963 bits per heavy atom. The zero-order valence-electron chi connectivity index (χ0n) is 16.0. The van der Waals surface area contributed by atoms with E-state index in [1.807, 2.05) is 38.1 Å². The number of likely N-dealkylation sites (tertiary alicyclic amines) is 1. The Bertz CT molecular complexity index is 776. The third kappa shape index (κ3) is 5.66. The molecular weight excluding hydrogens is 338 g/mol. The Labute approximate surface area is 160 Å². The fourth-order valence-electron chi connectivity index (χ4n) is 3.56. The molecule has 1 saturated heterocycles. The van der Waals surface area contributed by atoms with Gasteiger partial charge in [0.05, 0.1) is 0 Å². The van der Waals surface area contributed by atoms with Crippen LogP contribution in [0.4, 0.5) is 5.69 Å². The molecule has 27 heavy (non-hydrogen) atoms.